The summed E-state index contributed by atoms with van der Waals surface area (Å²) in [6, 6.07) is 10.9. The van der Waals surface area contributed by atoms with Crippen molar-refractivity contribution in [1.82, 2.24) is 4.98 Å². The van der Waals surface area contributed by atoms with Crippen LogP contribution in [0.3, 0.4) is 0 Å². The van der Waals surface area contributed by atoms with E-state index in [4.69, 9.17) is 4.74 Å². The quantitative estimate of drug-likeness (QED) is 0.830. The molecule has 2 aromatic rings. The second-order valence-electron chi connectivity index (χ2n) is 4.86. The fraction of sp³-hybridized carbons (Fsp3) is 0.250. The van der Waals surface area contributed by atoms with Crippen molar-refractivity contribution in [3.05, 3.63) is 53.9 Å². The van der Waals surface area contributed by atoms with Crippen LogP contribution in [0, 0.1) is 5.92 Å². The third-order valence-corrected chi connectivity index (χ3v) is 3.20. The van der Waals surface area contributed by atoms with Gasteiger partial charge in [0.1, 0.15) is 5.69 Å². The zero-order valence-corrected chi connectivity index (χ0v) is 12.1. The van der Waals surface area contributed by atoms with Gasteiger partial charge in [-0.2, -0.15) is 0 Å². The summed E-state index contributed by atoms with van der Waals surface area (Å²) in [7, 11) is 1.39. The number of aromatic amines is 1. The van der Waals surface area contributed by atoms with Crippen molar-refractivity contribution in [3.8, 4) is 0 Å². The van der Waals surface area contributed by atoms with Crippen molar-refractivity contribution in [2.24, 2.45) is 5.92 Å². The van der Waals surface area contributed by atoms with E-state index in [-0.39, 0.29) is 17.8 Å². The molecule has 1 heterocycles. The van der Waals surface area contributed by atoms with E-state index in [0.717, 1.165) is 5.56 Å². The van der Waals surface area contributed by atoms with Crippen molar-refractivity contribution < 1.29 is 14.3 Å². The van der Waals surface area contributed by atoms with Gasteiger partial charge in [0, 0.05) is 11.9 Å². The number of anilines is 1. The molecule has 1 atom stereocenters. The Bertz CT molecular complexity index is 603. The lowest BCUT2D eigenvalue weighted by Crippen LogP contribution is -2.15. The first-order valence-corrected chi connectivity index (χ1v) is 6.71. The number of benzene rings is 1. The highest BCUT2D eigenvalue weighted by Crippen LogP contribution is 2.14. The molecule has 1 amide bonds. The fourth-order valence-corrected chi connectivity index (χ4v) is 2.03. The lowest BCUT2D eigenvalue weighted by atomic mass is 10.0. The Kier molecular flexibility index (Phi) is 4.77. The molecular weight excluding hydrogens is 268 g/mol. The average molecular weight is 286 g/mol. The van der Waals surface area contributed by atoms with Gasteiger partial charge in [-0.3, -0.25) is 9.59 Å². The molecule has 0 unspecified atom stereocenters. The number of carbonyl (C=O) groups excluding carboxylic acids is 2. The molecule has 0 aliphatic heterocycles. The predicted molar refractivity (Wildman–Crippen MR) is 80.1 cm³/mol. The molecule has 2 N–H and O–H groups in total. The minimum Gasteiger partial charge on any atom is -0.469 e. The van der Waals surface area contributed by atoms with E-state index in [0.29, 0.717) is 17.8 Å². The highest BCUT2D eigenvalue weighted by atomic mass is 16.5. The Morgan fingerprint density at radius 2 is 1.95 bits per heavy atom. The van der Waals surface area contributed by atoms with Gasteiger partial charge in [-0.05, 0) is 36.2 Å². The largest absolute Gasteiger partial charge is 0.469 e. The number of hydrogen-bond acceptors (Lipinski definition) is 3. The highest BCUT2D eigenvalue weighted by molar-refractivity contribution is 6.02. The molecule has 110 valence electrons. The number of esters is 1. The molecule has 0 saturated heterocycles. The van der Waals surface area contributed by atoms with Crippen LogP contribution in [0.5, 0.6) is 0 Å². The summed E-state index contributed by atoms with van der Waals surface area (Å²) in [6.07, 6.45) is 2.31. The molecule has 5 heteroatoms. The summed E-state index contributed by atoms with van der Waals surface area (Å²) >= 11 is 0. The van der Waals surface area contributed by atoms with Gasteiger partial charge in [-0.15, -0.1) is 0 Å². The summed E-state index contributed by atoms with van der Waals surface area (Å²) in [5.41, 5.74) is 2.24. The molecule has 5 nitrogen and oxygen atoms in total. The maximum absolute atomic E-state index is 11.9. The Balaban J connectivity index is 1.96. The van der Waals surface area contributed by atoms with Crippen molar-refractivity contribution in [2.45, 2.75) is 13.3 Å². The first-order chi connectivity index (χ1) is 10.1. The van der Waals surface area contributed by atoms with Crippen molar-refractivity contribution in [2.75, 3.05) is 12.4 Å². The third-order valence-electron chi connectivity index (χ3n) is 3.20. The van der Waals surface area contributed by atoms with E-state index < -0.39 is 0 Å². The Morgan fingerprint density at radius 3 is 2.52 bits per heavy atom. The molecule has 1 aromatic carbocycles. The monoisotopic (exact) mass is 286 g/mol. The van der Waals surface area contributed by atoms with Gasteiger partial charge in [0.2, 0.25) is 0 Å². The molecule has 21 heavy (non-hydrogen) atoms. The van der Waals surface area contributed by atoms with Gasteiger partial charge in [-0.1, -0.05) is 19.1 Å². The van der Waals surface area contributed by atoms with Crippen LogP contribution < -0.4 is 5.32 Å². The third kappa shape index (κ3) is 3.95. The summed E-state index contributed by atoms with van der Waals surface area (Å²) in [6.45, 7) is 1.83. The lowest BCUT2D eigenvalue weighted by molar-refractivity contribution is -0.144. The first kappa shape index (κ1) is 14.8. The van der Waals surface area contributed by atoms with Crippen LogP contribution in [0.4, 0.5) is 5.69 Å². The number of nitrogens with one attached hydrogen (secondary N) is 2. The molecule has 0 fully saturated rings. The van der Waals surface area contributed by atoms with E-state index in [1.807, 2.05) is 31.2 Å². The number of carbonyl (C=O) groups is 2. The second-order valence-corrected chi connectivity index (χ2v) is 4.86. The van der Waals surface area contributed by atoms with Gasteiger partial charge < -0.3 is 15.0 Å². The lowest BCUT2D eigenvalue weighted by Gasteiger charge is -2.10. The van der Waals surface area contributed by atoms with E-state index >= 15 is 0 Å². The molecule has 1 aromatic heterocycles. The van der Waals surface area contributed by atoms with Crippen LogP contribution in [0.1, 0.15) is 23.0 Å². The van der Waals surface area contributed by atoms with Crippen LogP contribution in [-0.4, -0.2) is 24.0 Å². The smallest absolute Gasteiger partial charge is 0.308 e. The number of hydrogen-bond donors (Lipinski definition) is 2. The molecule has 0 aliphatic rings. The number of aromatic nitrogens is 1. The van der Waals surface area contributed by atoms with Crippen LogP contribution in [0.25, 0.3) is 0 Å². The zero-order chi connectivity index (χ0) is 15.2. The number of methoxy groups -OCH3 is 1. The van der Waals surface area contributed by atoms with Crippen LogP contribution in [0.2, 0.25) is 0 Å². The molecule has 0 bridgehead atoms. The van der Waals surface area contributed by atoms with Gasteiger partial charge in [0.15, 0.2) is 0 Å². The molecule has 0 spiro atoms. The number of H-pyrrole nitrogens is 1. The van der Waals surface area contributed by atoms with Crippen molar-refractivity contribution >= 4 is 17.6 Å². The minimum absolute atomic E-state index is 0.185. The summed E-state index contributed by atoms with van der Waals surface area (Å²) in [5.74, 6) is -0.593. The topological polar surface area (TPSA) is 71.2 Å². The van der Waals surface area contributed by atoms with Crippen LogP contribution >= 0.6 is 0 Å². The molecule has 0 radical (unpaired) electrons. The normalized spacial score (nSPS) is 11.7. The maximum Gasteiger partial charge on any atom is 0.308 e. The SMILES string of the molecule is COC(=O)[C@@H](C)Cc1ccc(NC(=O)c2ccc[nH]2)cc1. The standard InChI is InChI=1S/C16H18N2O3/c1-11(16(20)21-2)10-12-5-7-13(8-6-12)18-15(19)14-4-3-9-17-14/h3-9,11,17H,10H2,1-2H3,(H,18,19)/t11-/m0/s1. The van der Waals surface area contributed by atoms with E-state index in [1.54, 1.807) is 18.3 Å². The maximum atomic E-state index is 11.9. The van der Waals surface area contributed by atoms with Gasteiger partial charge in [-0.25, -0.2) is 0 Å². The van der Waals surface area contributed by atoms with Crippen LogP contribution in [0.15, 0.2) is 42.6 Å². The van der Waals surface area contributed by atoms with Crippen molar-refractivity contribution in [3.63, 3.8) is 0 Å². The summed E-state index contributed by atoms with van der Waals surface area (Å²) in [5, 5.41) is 2.80. The summed E-state index contributed by atoms with van der Waals surface area (Å²) < 4.78 is 4.70. The minimum atomic E-state index is -0.223. The van der Waals surface area contributed by atoms with Gasteiger partial charge in [0.05, 0.1) is 13.0 Å². The second kappa shape index (κ2) is 6.74. The first-order valence-electron chi connectivity index (χ1n) is 6.71. The summed E-state index contributed by atoms with van der Waals surface area (Å²) in [4.78, 5) is 26.1. The zero-order valence-electron chi connectivity index (χ0n) is 12.1. The number of ether oxygens (including phenoxy) is 1. The highest BCUT2D eigenvalue weighted by Gasteiger charge is 2.13. The number of amides is 1. The fourth-order valence-electron chi connectivity index (χ4n) is 2.03. The molecular formula is C16H18N2O3. The van der Waals surface area contributed by atoms with Gasteiger partial charge in [0.25, 0.3) is 5.91 Å². The predicted octanol–water partition coefficient (Wildman–Crippen LogP) is 2.62. The Morgan fingerprint density at radius 1 is 1.24 bits per heavy atom. The molecule has 0 aliphatic carbocycles. The van der Waals surface area contributed by atoms with E-state index in [1.165, 1.54) is 7.11 Å². The van der Waals surface area contributed by atoms with E-state index in [9.17, 15) is 9.59 Å². The molecule has 2 rings (SSSR count). The number of rotatable bonds is 5. The van der Waals surface area contributed by atoms with Gasteiger partial charge >= 0.3 is 5.97 Å². The Labute approximate surface area is 123 Å². The van der Waals surface area contributed by atoms with E-state index in [2.05, 4.69) is 10.3 Å². The molecule has 0 saturated carbocycles. The Hall–Kier alpha value is -2.56. The van der Waals surface area contributed by atoms with Crippen LogP contribution in [-0.2, 0) is 16.0 Å². The average Bonchev–Trinajstić information content (AvgIpc) is 3.02. The van der Waals surface area contributed by atoms with Crippen molar-refractivity contribution in [1.29, 1.82) is 0 Å².